The van der Waals surface area contributed by atoms with Crippen LogP contribution in [-0.2, 0) is 0 Å². The zero-order chi connectivity index (χ0) is 16.4. The quantitative estimate of drug-likeness (QED) is 0.911. The zero-order valence-corrected chi connectivity index (χ0v) is 13.1. The number of nitriles is 1. The molecule has 2 atom stereocenters. The van der Waals surface area contributed by atoms with Crippen molar-refractivity contribution in [1.29, 1.82) is 5.26 Å². The second-order valence-corrected chi connectivity index (χ2v) is 5.93. The van der Waals surface area contributed by atoms with Crippen LogP contribution in [0.3, 0.4) is 0 Å². The normalized spacial score (nSPS) is 22.9. The van der Waals surface area contributed by atoms with Gasteiger partial charge in [0.25, 0.3) is 0 Å². The average Bonchev–Trinajstić information content (AvgIpc) is 3.05. The van der Waals surface area contributed by atoms with Crippen LogP contribution in [0.4, 0.5) is 0 Å². The largest absolute Gasteiger partial charge is 0.457 e. The molecule has 5 heteroatoms. The summed E-state index contributed by atoms with van der Waals surface area (Å²) in [5, 5.41) is 14.8. The van der Waals surface area contributed by atoms with Crippen molar-refractivity contribution in [2.75, 3.05) is 6.54 Å². The Morgan fingerprint density at radius 2 is 1.79 bits per heavy atom. The van der Waals surface area contributed by atoms with Crippen LogP contribution in [-0.4, -0.2) is 17.7 Å². The van der Waals surface area contributed by atoms with E-state index in [4.69, 9.17) is 4.74 Å². The van der Waals surface area contributed by atoms with Gasteiger partial charge in [0.05, 0.1) is 11.6 Å². The molecule has 24 heavy (non-hydrogen) atoms. The van der Waals surface area contributed by atoms with E-state index in [2.05, 4.69) is 34.0 Å². The van der Waals surface area contributed by atoms with E-state index < -0.39 is 0 Å². The molecule has 0 aliphatic carbocycles. The molecule has 0 saturated carbocycles. The molecule has 120 valence electrons. The molecule has 4 rings (SSSR count). The summed E-state index contributed by atoms with van der Waals surface area (Å²) in [5.74, 6) is 1.65. The van der Waals surface area contributed by atoms with Gasteiger partial charge in [-0.1, -0.05) is 30.3 Å². The van der Waals surface area contributed by atoms with E-state index >= 15 is 0 Å². The molecule has 2 heterocycles. The molecule has 2 unspecified atom stereocenters. The first-order valence-electron chi connectivity index (χ1n) is 8.05. The first-order valence-corrected chi connectivity index (χ1v) is 8.05. The van der Waals surface area contributed by atoms with Gasteiger partial charge in [-0.3, -0.25) is 5.32 Å². The number of ether oxygens (including phenoxy) is 1. The molecule has 0 bridgehead atoms. The van der Waals surface area contributed by atoms with E-state index in [1.807, 2.05) is 42.5 Å². The van der Waals surface area contributed by atoms with Gasteiger partial charge in [-0.05, 0) is 36.2 Å². The van der Waals surface area contributed by atoms with E-state index in [-0.39, 0.29) is 12.2 Å². The van der Waals surface area contributed by atoms with Crippen LogP contribution in [0.25, 0.3) is 0 Å². The lowest BCUT2D eigenvalue weighted by Crippen LogP contribution is -2.53. The molecule has 0 aromatic heterocycles. The summed E-state index contributed by atoms with van der Waals surface area (Å²) in [6, 6.07) is 20.4. The number of hydrogen-bond donors (Lipinski definition) is 2. The molecule has 1 fully saturated rings. The minimum atomic E-state index is -0.0472. The lowest BCUT2D eigenvalue weighted by molar-refractivity contribution is 0.112. The molecule has 0 radical (unpaired) electrons. The number of fused-ring (bicyclic) bond motifs is 1. The maximum atomic E-state index is 9.20. The predicted octanol–water partition coefficient (Wildman–Crippen LogP) is 3.07. The van der Waals surface area contributed by atoms with E-state index in [9.17, 15) is 5.26 Å². The lowest BCUT2D eigenvalue weighted by Gasteiger charge is -2.36. The number of benzene rings is 2. The minimum Gasteiger partial charge on any atom is -0.457 e. The molecular weight excluding hydrogens is 300 g/mol. The fourth-order valence-corrected chi connectivity index (χ4v) is 3.14. The van der Waals surface area contributed by atoms with Crippen molar-refractivity contribution >= 4 is 0 Å². The standard InChI is InChI=1S/C19H18N4O/c20-12-15-13-21-23-11-10-18(22-19(15)23)14-6-8-17(9-7-14)24-16-4-2-1-3-5-16/h1-9,13,18-19,21-22H,10-11H2. The highest BCUT2D eigenvalue weighted by atomic mass is 16.5. The molecule has 2 aliphatic rings. The molecule has 0 amide bonds. The Morgan fingerprint density at radius 3 is 2.54 bits per heavy atom. The Kier molecular flexibility index (Phi) is 3.91. The van der Waals surface area contributed by atoms with E-state index in [0.717, 1.165) is 30.0 Å². The summed E-state index contributed by atoms with van der Waals surface area (Å²) in [6.07, 6.45) is 2.71. The van der Waals surface area contributed by atoms with Crippen molar-refractivity contribution in [3.8, 4) is 17.6 Å². The van der Waals surface area contributed by atoms with Gasteiger partial charge in [-0.2, -0.15) is 5.26 Å². The number of hydrogen-bond acceptors (Lipinski definition) is 5. The smallest absolute Gasteiger partial charge is 0.127 e. The maximum absolute atomic E-state index is 9.20. The monoisotopic (exact) mass is 318 g/mol. The van der Waals surface area contributed by atoms with Crippen LogP contribution in [0.2, 0.25) is 0 Å². The summed E-state index contributed by atoms with van der Waals surface area (Å²) in [6.45, 7) is 0.895. The molecule has 2 N–H and O–H groups in total. The van der Waals surface area contributed by atoms with Crippen molar-refractivity contribution in [3.63, 3.8) is 0 Å². The number of nitrogens with zero attached hydrogens (tertiary/aromatic N) is 2. The fourth-order valence-electron chi connectivity index (χ4n) is 3.14. The van der Waals surface area contributed by atoms with Crippen molar-refractivity contribution < 1.29 is 4.74 Å². The molecule has 2 aliphatic heterocycles. The summed E-state index contributed by atoms with van der Waals surface area (Å²) < 4.78 is 5.83. The van der Waals surface area contributed by atoms with E-state index in [0.29, 0.717) is 0 Å². The summed E-state index contributed by atoms with van der Waals surface area (Å²) in [4.78, 5) is 0. The van der Waals surface area contributed by atoms with Gasteiger partial charge < -0.3 is 10.2 Å². The van der Waals surface area contributed by atoms with Crippen molar-refractivity contribution in [2.45, 2.75) is 18.6 Å². The van der Waals surface area contributed by atoms with Crippen LogP contribution in [0, 0.1) is 11.3 Å². The van der Waals surface area contributed by atoms with E-state index in [1.165, 1.54) is 5.56 Å². The van der Waals surface area contributed by atoms with Crippen LogP contribution in [0.1, 0.15) is 18.0 Å². The average molecular weight is 318 g/mol. The molecule has 2 aromatic rings. The second kappa shape index (κ2) is 6.36. The topological polar surface area (TPSA) is 60.3 Å². The van der Waals surface area contributed by atoms with Crippen LogP contribution in [0.15, 0.2) is 66.4 Å². The first-order chi connectivity index (χ1) is 11.8. The Hall–Kier alpha value is -2.81. The number of rotatable bonds is 3. The van der Waals surface area contributed by atoms with Crippen molar-refractivity contribution in [1.82, 2.24) is 15.8 Å². The molecule has 0 spiro atoms. The van der Waals surface area contributed by atoms with Crippen LogP contribution >= 0.6 is 0 Å². The minimum absolute atomic E-state index is 0.0472. The van der Waals surface area contributed by atoms with E-state index in [1.54, 1.807) is 6.20 Å². The third-order valence-corrected chi connectivity index (χ3v) is 4.40. The van der Waals surface area contributed by atoms with Gasteiger partial charge in [0.15, 0.2) is 0 Å². The Morgan fingerprint density at radius 1 is 1.04 bits per heavy atom. The molecular formula is C19H18N4O. The van der Waals surface area contributed by atoms with Crippen LogP contribution < -0.4 is 15.5 Å². The van der Waals surface area contributed by atoms with Gasteiger partial charge in [0.1, 0.15) is 17.7 Å². The summed E-state index contributed by atoms with van der Waals surface area (Å²) in [5.41, 5.74) is 5.07. The van der Waals surface area contributed by atoms with Crippen LogP contribution in [0.5, 0.6) is 11.5 Å². The summed E-state index contributed by atoms with van der Waals surface area (Å²) in [7, 11) is 0. The molecule has 2 aromatic carbocycles. The highest BCUT2D eigenvalue weighted by molar-refractivity contribution is 5.35. The van der Waals surface area contributed by atoms with Crippen molar-refractivity contribution in [3.05, 3.63) is 71.9 Å². The number of nitrogens with one attached hydrogen (secondary N) is 2. The third kappa shape index (κ3) is 2.85. The van der Waals surface area contributed by atoms with Crippen molar-refractivity contribution in [2.24, 2.45) is 0 Å². The third-order valence-electron chi connectivity index (χ3n) is 4.40. The SMILES string of the molecule is N#CC1=CNN2CCC(c3ccc(Oc4ccccc4)cc3)NC12. The molecule has 5 nitrogen and oxygen atoms in total. The second-order valence-electron chi connectivity index (χ2n) is 5.93. The maximum Gasteiger partial charge on any atom is 0.127 e. The number of para-hydroxylation sites is 1. The Balaban J connectivity index is 1.45. The Labute approximate surface area is 141 Å². The zero-order valence-electron chi connectivity index (χ0n) is 13.1. The number of hydrazine groups is 1. The first kappa shape index (κ1) is 14.8. The highest BCUT2D eigenvalue weighted by Crippen LogP contribution is 2.29. The highest BCUT2D eigenvalue weighted by Gasteiger charge is 2.34. The van der Waals surface area contributed by atoms with Gasteiger partial charge in [-0.25, -0.2) is 5.01 Å². The summed E-state index contributed by atoms with van der Waals surface area (Å²) >= 11 is 0. The molecule has 1 saturated heterocycles. The fraction of sp³-hybridized carbons (Fsp3) is 0.211. The lowest BCUT2D eigenvalue weighted by atomic mass is 10.00. The Bertz CT molecular complexity index is 779. The van der Waals surface area contributed by atoms with Gasteiger partial charge >= 0.3 is 0 Å². The predicted molar refractivity (Wildman–Crippen MR) is 90.8 cm³/mol. The van der Waals surface area contributed by atoms with Gasteiger partial charge in [0.2, 0.25) is 0 Å². The van der Waals surface area contributed by atoms with Gasteiger partial charge in [0, 0.05) is 18.8 Å². The van der Waals surface area contributed by atoms with Gasteiger partial charge in [-0.15, -0.1) is 0 Å².